The molecule has 0 saturated heterocycles. The molecular weight excluding hydrogens is 451 g/mol. The molecule has 2 aromatic heterocycles. The Kier molecular flexibility index (Phi) is 6.57. The molecule has 0 aliphatic carbocycles. The second kappa shape index (κ2) is 9.02. The number of Topliss-reactive ketones (excluding diaryl/α,β-unsaturated/α-hetero) is 1. The maximum atomic E-state index is 13.0. The van der Waals surface area contributed by atoms with Crippen molar-refractivity contribution in [3.8, 4) is 11.4 Å². The van der Waals surface area contributed by atoms with Gasteiger partial charge in [-0.15, -0.1) is 18.3 Å². The van der Waals surface area contributed by atoms with Crippen LogP contribution in [0.5, 0.6) is 5.75 Å². The molecule has 1 aromatic carbocycles. The van der Waals surface area contributed by atoms with E-state index in [9.17, 15) is 22.8 Å². The Hall–Kier alpha value is -3.35. The van der Waals surface area contributed by atoms with Crippen LogP contribution in [0.25, 0.3) is 5.69 Å². The molecule has 0 bridgehead atoms. The van der Waals surface area contributed by atoms with Gasteiger partial charge in [-0.1, -0.05) is 11.8 Å². The number of methoxy groups -OCH3 is 1. The zero-order chi connectivity index (χ0) is 23.6. The fourth-order valence-corrected chi connectivity index (χ4v) is 3.89. The number of aromatic nitrogens is 5. The van der Waals surface area contributed by atoms with E-state index in [0.717, 1.165) is 23.9 Å². The van der Waals surface area contributed by atoms with Crippen molar-refractivity contribution in [3.05, 3.63) is 46.8 Å². The highest BCUT2D eigenvalue weighted by atomic mass is 32.2. The predicted molar refractivity (Wildman–Crippen MR) is 107 cm³/mol. The number of H-pyrrole nitrogens is 1. The lowest BCUT2D eigenvalue weighted by Crippen LogP contribution is -2.17. The van der Waals surface area contributed by atoms with E-state index < -0.39 is 17.6 Å². The summed E-state index contributed by atoms with van der Waals surface area (Å²) >= 11 is 1.06. The first-order valence-corrected chi connectivity index (χ1v) is 10.0. The largest absolute Gasteiger partial charge is 0.573 e. The molecule has 0 unspecified atom stereocenters. The third-order valence-corrected chi connectivity index (χ3v) is 5.51. The highest BCUT2D eigenvalue weighted by molar-refractivity contribution is 8.00. The first kappa shape index (κ1) is 23.3. The second-order valence-corrected chi connectivity index (χ2v) is 7.96. The molecule has 0 saturated carbocycles. The molecule has 0 radical (unpaired) electrons. The number of rotatable bonds is 7. The van der Waals surface area contributed by atoms with Gasteiger partial charge in [-0.2, -0.15) is 4.68 Å². The maximum Gasteiger partial charge on any atom is 0.573 e. The van der Waals surface area contributed by atoms with Crippen molar-refractivity contribution >= 4 is 23.5 Å². The minimum Gasteiger partial charge on any atom is -0.465 e. The number of hydrogen-bond donors (Lipinski definition) is 1. The molecule has 32 heavy (non-hydrogen) atoms. The summed E-state index contributed by atoms with van der Waals surface area (Å²) in [5, 5.41) is 10.9. The highest BCUT2D eigenvalue weighted by Crippen LogP contribution is 2.29. The van der Waals surface area contributed by atoms with Gasteiger partial charge in [0.2, 0.25) is 5.16 Å². The minimum atomic E-state index is -4.80. The number of alkyl halides is 3. The van der Waals surface area contributed by atoms with E-state index in [1.54, 1.807) is 20.8 Å². The molecule has 170 valence electrons. The van der Waals surface area contributed by atoms with Gasteiger partial charge in [-0.05, 0) is 61.0 Å². The third kappa shape index (κ3) is 4.93. The number of benzene rings is 1. The van der Waals surface area contributed by atoms with E-state index in [0.29, 0.717) is 22.5 Å². The molecule has 0 aliphatic rings. The first-order chi connectivity index (χ1) is 15.0. The Morgan fingerprint density at radius 2 is 1.84 bits per heavy atom. The summed E-state index contributed by atoms with van der Waals surface area (Å²) < 4.78 is 46.9. The van der Waals surface area contributed by atoms with Crippen LogP contribution in [-0.2, 0) is 4.74 Å². The molecule has 0 fully saturated rings. The smallest absolute Gasteiger partial charge is 0.465 e. The van der Waals surface area contributed by atoms with E-state index in [1.165, 1.54) is 23.9 Å². The van der Waals surface area contributed by atoms with Crippen molar-refractivity contribution in [2.45, 2.75) is 37.5 Å². The van der Waals surface area contributed by atoms with Crippen LogP contribution >= 0.6 is 11.8 Å². The van der Waals surface area contributed by atoms with Crippen molar-refractivity contribution < 1.29 is 32.2 Å². The molecular formula is C19H18F3N5O4S. The molecule has 1 atom stereocenters. The van der Waals surface area contributed by atoms with Gasteiger partial charge in [-0.25, -0.2) is 4.79 Å². The Labute approximate surface area is 184 Å². The van der Waals surface area contributed by atoms with Crippen molar-refractivity contribution in [1.82, 2.24) is 25.2 Å². The Balaban J connectivity index is 1.79. The average molecular weight is 469 g/mol. The zero-order valence-corrected chi connectivity index (χ0v) is 18.2. The third-order valence-electron chi connectivity index (χ3n) is 4.48. The molecule has 3 aromatic rings. The second-order valence-electron chi connectivity index (χ2n) is 6.66. The summed E-state index contributed by atoms with van der Waals surface area (Å²) in [6.07, 6.45) is -4.80. The van der Waals surface area contributed by atoms with Gasteiger partial charge in [0, 0.05) is 5.69 Å². The summed E-state index contributed by atoms with van der Waals surface area (Å²) in [7, 11) is 1.26. The number of halogens is 3. The maximum absolute atomic E-state index is 13.0. The number of esters is 1. The van der Waals surface area contributed by atoms with Crippen LogP contribution in [0.3, 0.4) is 0 Å². The van der Waals surface area contributed by atoms with Gasteiger partial charge in [0.15, 0.2) is 5.78 Å². The molecule has 0 spiro atoms. The van der Waals surface area contributed by atoms with Crippen LogP contribution in [-0.4, -0.2) is 55.7 Å². The summed E-state index contributed by atoms with van der Waals surface area (Å²) in [6, 6.07) is 4.98. The lowest BCUT2D eigenvalue weighted by atomic mass is 10.1. The van der Waals surface area contributed by atoms with E-state index in [1.807, 2.05) is 0 Å². The van der Waals surface area contributed by atoms with Crippen LogP contribution in [0, 0.1) is 13.8 Å². The van der Waals surface area contributed by atoms with Gasteiger partial charge in [0.05, 0.1) is 29.3 Å². The normalized spacial score (nSPS) is 12.5. The van der Waals surface area contributed by atoms with Gasteiger partial charge in [0.25, 0.3) is 0 Å². The highest BCUT2D eigenvalue weighted by Gasteiger charge is 2.31. The van der Waals surface area contributed by atoms with Crippen LogP contribution in [0.15, 0.2) is 29.4 Å². The predicted octanol–water partition coefficient (Wildman–Crippen LogP) is 3.66. The van der Waals surface area contributed by atoms with Gasteiger partial charge in [-0.3, -0.25) is 4.79 Å². The number of carbonyl (C=O) groups is 2. The van der Waals surface area contributed by atoms with E-state index in [2.05, 4.69) is 25.2 Å². The summed E-state index contributed by atoms with van der Waals surface area (Å²) in [6.45, 7) is 4.97. The fraction of sp³-hybridized carbons (Fsp3) is 0.316. The van der Waals surface area contributed by atoms with E-state index >= 15 is 0 Å². The lowest BCUT2D eigenvalue weighted by Gasteiger charge is -2.11. The molecule has 13 heteroatoms. The van der Waals surface area contributed by atoms with Crippen molar-refractivity contribution in [3.63, 3.8) is 0 Å². The van der Waals surface area contributed by atoms with E-state index in [-0.39, 0.29) is 22.4 Å². The monoisotopic (exact) mass is 469 g/mol. The molecule has 0 aliphatic heterocycles. The fourth-order valence-electron chi connectivity index (χ4n) is 3.02. The number of ketones is 1. The quantitative estimate of drug-likeness (QED) is 0.317. The van der Waals surface area contributed by atoms with Crippen LogP contribution in [0.1, 0.15) is 39.0 Å². The molecule has 3 rings (SSSR count). The van der Waals surface area contributed by atoms with Gasteiger partial charge in [0.1, 0.15) is 5.75 Å². The molecule has 0 amide bonds. The van der Waals surface area contributed by atoms with E-state index in [4.69, 9.17) is 4.74 Å². The summed E-state index contributed by atoms with van der Waals surface area (Å²) in [4.78, 5) is 27.9. The van der Waals surface area contributed by atoms with Crippen molar-refractivity contribution in [2.75, 3.05) is 7.11 Å². The Bertz CT molecular complexity index is 1140. The number of aromatic amines is 1. The molecule has 2 heterocycles. The Morgan fingerprint density at radius 3 is 2.44 bits per heavy atom. The van der Waals surface area contributed by atoms with Crippen LogP contribution < -0.4 is 4.74 Å². The lowest BCUT2D eigenvalue weighted by molar-refractivity contribution is -0.274. The van der Waals surface area contributed by atoms with Crippen LogP contribution in [0.4, 0.5) is 13.2 Å². The summed E-state index contributed by atoms with van der Waals surface area (Å²) in [5.41, 5.74) is 1.95. The number of tetrazole rings is 1. The van der Waals surface area contributed by atoms with Gasteiger partial charge >= 0.3 is 12.3 Å². The number of nitrogens with zero attached hydrogens (tertiary/aromatic N) is 4. The number of aryl methyl sites for hydroxylation is 1. The number of nitrogens with one attached hydrogen (secondary N) is 1. The Morgan fingerprint density at radius 1 is 1.19 bits per heavy atom. The first-order valence-electron chi connectivity index (χ1n) is 9.14. The minimum absolute atomic E-state index is 0.254. The number of hydrogen-bond acceptors (Lipinski definition) is 8. The van der Waals surface area contributed by atoms with Crippen LogP contribution in [0.2, 0.25) is 0 Å². The topological polar surface area (TPSA) is 112 Å². The van der Waals surface area contributed by atoms with Crippen molar-refractivity contribution in [1.29, 1.82) is 0 Å². The number of ether oxygens (including phenoxy) is 2. The number of thioether (sulfide) groups is 1. The van der Waals surface area contributed by atoms with Crippen molar-refractivity contribution in [2.24, 2.45) is 0 Å². The zero-order valence-electron chi connectivity index (χ0n) is 17.4. The van der Waals surface area contributed by atoms with Gasteiger partial charge < -0.3 is 14.5 Å². The standard InChI is InChI=1S/C19H18F3N5O4S/c1-9-14(17(29)30-4)10(2)23-15(9)16(28)11(3)32-18-24-25-26-27(18)12-5-7-13(8-6-12)31-19(20,21)22/h5-8,11,23H,1-4H3/t11-/m1/s1. The molecule has 1 N–H and O–H groups in total. The number of carbonyl (C=O) groups excluding carboxylic acids is 2. The average Bonchev–Trinajstić information content (AvgIpc) is 3.30. The SMILES string of the molecule is COC(=O)c1c(C)[nH]c(C(=O)[C@@H](C)Sc2nnnn2-c2ccc(OC(F)(F)F)cc2)c1C. The summed E-state index contributed by atoms with van der Waals surface area (Å²) in [5.74, 6) is -1.21. The molecule has 9 nitrogen and oxygen atoms in total.